The number of methoxy groups -OCH3 is 3. The third-order valence-corrected chi connectivity index (χ3v) is 11.0. The predicted octanol–water partition coefficient (Wildman–Crippen LogP) is 6.08. The zero-order chi connectivity index (χ0) is 31.4. The molecule has 2 aromatic rings. The maximum Gasteiger partial charge on any atom is 0.227 e. The molecule has 1 amide bonds. The van der Waals surface area contributed by atoms with Crippen molar-refractivity contribution >= 4 is 5.91 Å². The molecule has 2 fully saturated rings. The summed E-state index contributed by atoms with van der Waals surface area (Å²) in [5, 5.41) is 21.1. The molecule has 0 heterocycles. The highest BCUT2D eigenvalue weighted by Crippen LogP contribution is 2.63. The third-order valence-electron chi connectivity index (χ3n) is 11.0. The molecular formula is C36H50FNO6. The minimum absolute atomic E-state index is 0.0519. The summed E-state index contributed by atoms with van der Waals surface area (Å²) in [7, 11) is 4.83. The average Bonchev–Trinajstić information content (AvgIpc) is 3.30. The number of phenolic OH excluding ortho intramolecular Hbond substituents is 1. The highest BCUT2D eigenvalue weighted by molar-refractivity contribution is 5.79. The minimum atomic E-state index is -0.994. The van der Waals surface area contributed by atoms with Crippen LogP contribution in [-0.2, 0) is 22.4 Å². The second-order valence-corrected chi connectivity index (χ2v) is 13.5. The van der Waals surface area contributed by atoms with Crippen LogP contribution in [0.15, 0.2) is 36.4 Å². The predicted molar refractivity (Wildman–Crippen MR) is 168 cm³/mol. The van der Waals surface area contributed by atoms with Gasteiger partial charge in [0.2, 0.25) is 5.91 Å². The van der Waals surface area contributed by atoms with E-state index in [-0.39, 0.29) is 35.3 Å². The van der Waals surface area contributed by atoms with Crippen molar-refractivity contribution in [2.45, 2.75) is 82.9 Å². The fourth-order valence-corrected chi connectivity index (χ4v) is 8.76. The summed E-state index contributed by atoms with van der Waals surface area (Å²) in [6.07, 6.45) is 5.60. The maximum atomic E-state index is 16.0. The normalized spacial score (nSPS) is 29.0. The minimum Gasteiger partial charge on any atom is -0.508 e. The molecule has 7 nitrogen and oxygen atoms in total. The summed E-state index contributed by atoms with van der Waals surface area (Å²) in [4.78, 5) is 15.2. The number of ether oxygens (including phenoxy) is 3. The first-order chi connectivity index (χ1) is 21.2. The standard InChI is InChI=1S/C36H50FNO6/c1-36-22-29(37)35-27-11-10-26(39)21-25(27)20-24(34(35)28(36)12-14-32(36)40)8-6-5-7-15-38(16-17-42-2)33(41)19-23-9-13-30(43-3)31(18-23)44-4/h9-11,13,18,21,24,28-29,32,34-35,39-40H,5-8,12,14-17,19-20,22H2,1-4H3/t24-,28?,29+,32+,34?,35?,36+/m1/s1. The number of carbonyl (C=O) groups is 1. The van der Waals surface area contributed by atoms with Crippen LogP contribution in [0, 0.1) is 23.2 Å². The van der Waals surface area contributed by atoms with E-state index < -0.39 is 12.3 Å². The van der Waals surface area contributed by atoms with Gasteiger partial charge in [0, 0.05) is 26.1 Å². The van der Waals surface area contributed by atoms with Crippen molar-refractivity contribution < 1.29 is 33.6 Å². The molecule has 0 aromatic heterocycles. The van der Waals surface area contributed by atoms with E-state index >= 15 is 4.39 Å². The SMILES string of the molecule is COCCN(CCCCC[C@@H]1Cc2cc(O)ccc2C2C1C1CC[C@H](O)[C@@]1(C)C[C@@H]2F)C(=O)Cc1ccc(OC)c(OC)c1. The Morgan fingerprint density at radius 2 is 1.82 bits per heavy atom. The number of rotatable bonds is 13. The molecule has 2 N–H and O–H groups in total. The Balaban J connectivity index is 1.22. The first-order valence-electron chi connectivity index (χ1n) is 16.3. The van der Waals surface area contributed by atoms with Gasteiger partial charge in [0.05, 0.1) is 33.4 Å². The number of hydrogen-bond donors (Lipinski definition) is 2. The number of halogens is 1. The lowest BCUT2D eigenvalue weighted by molar-refractivity contribution is -0.131. The molecule has 3 aliphatic rings. The number of benzene rings is 2. The van der Waals surface area contributed by atoms with Gasteiger partial charge in [-0.25, -0.2) is 4.39 Å². The largest absolute Gasteiger partial charge is 0.508 e. The van der Waals surface area contributed by atoms with Gasteiger partial charge < -0.3 is 29.3 Å². The van der Waals surface area contributed by atoms with Crippen LogP contribution in [0.5, 0.6) is 17.2 Å². The Hall–Kier alpha value is -2.84. The molecule has 7 atom stereocenters. The number of phenols is 1. The van der Waals surface area contributed by atoms with E-state index in [1.807, 2.05) is 35.2 Å². The van der Waals surface area contributed by atoms with Crippen molar-refractivity contribution in [2.75, 3.05) is 41.0 Å². The smallest absolute Gasteiger partial charge is 0.227 e. The third kappa shape index (κ3) is 6.57. The van der Waals surface area contributed by atoms with Crippen LogP contribution in [0.4, 0.5) is 4.39 Å². The first kappa shape index (κ1) is 32.6. The van der Waals surface area contributed by atoms with Gasteiger partial charge in [-0.05, 0) is 103 Å². The molecule has 5 rings (SSSR count). The molecule has 2 saturated carbocycles. The molecule has 44 heavy (non-hydrogen) atoms. The monoisotopic (exact) mass is 611 g/mol. The van der Waals surface area contributed by atoms with E-state index in [9.17, 15) is 15.0 Å². The second kappa shape index (κ2) is 14.1. The van der Waals surface area contributed by atoms with Gasteiger partial charge in [-0.2, -0.15) is 0 Å². The molecule has 0 bridgehead atoms. The summed E-state index contributed by atoms with van der Waals surface area (Å²) in [6.45, 7) is 3.78. The van der Waals surface area contributed by atoms with E-state index in [4.69, 9.17) is 14.2 Å². The van der Waals surface area contributed by atoms with Crippen LogP contribution in [-0.4, -0.2) is 74.3 Å². The van der Waals surface area contributed by atoms with Gasteiger partial charge >= 0.3 is 0 Å². The van der Waals surface area contributed by atoms with E-state index in [2.05, 4.69) is 6.92 Å². The van der Waals surface area contributed by atoms with Gasteiger partial charge in [0.25, 0.3) is 0 Å². The number of aliphatic hydroxyl groups is 1. The van der Waals surface area contributed by atoms with Crippen molar-refractivity contribution in [2.24, 2.45) is 23.2 Å². The van der Waals surface area contributed by atoms with Gasteiger partial charge in [-0.15, -0.1) is 0 Å². The summed E-state index contributed by atoms with van der Waals surface area (Å²) >= 11 is 0. The quantitative estimate of drug-likeness (QED) is 0.267. The number of fused-ring (bicyclic) bond motifs is 5. The van der Waals surface area contributed by atoms with E-state index in [0.717, 1.165) is 61.6 Å². The van der Waals surface area contributed by atoms with E-state index in [1.165, 1.54) is 0 Å². The summed E-state index contributed by atoms with van der Waals surface area (Å²) in [5.74, 6) is 2.16. The Labute approximate surface area is 261 Å². The van der Waals surface area contributed by atoms with Crippen LogP contribution in [0.25, 0.3) is 0 Å². The first-order valence-corrected chi connectivity index (χ1v) is 16.3. The van der Waals surface area contributed by atoms with Gasteiger partial charge in [-0.1, -0.05) is 31.9 Å². The van der Waals surface area contributed by atoms with Crippen molar-refractivity contribution in [3.63, 3.8) is 0 Å². The topological polar surface area (TPSA) is 88.5 Å². The number of aliphatic hydroxyl groups excluding tert-OH is 1. The zero-order valence-corrected chi connectivity index (χ0v) is 26.8. The molecule has 3 unspecified atom stereocenters. The summed E-state index contributed by atoms with van der Waals surface area (Å²) < 4.78 is 32.1. The van der Waals surface area contributed by atoms with E-state index in [0.29, 0.717) is 49.5 Å². The number of aromatic hydroxyl groups is 1. The van der Waals surface area contributed by atoms with Crippen LogP contribution < -0.4 is 9.47 Å². The summed E-state index contributed by atoms with van der Waals surface area (Å²) in [6, 6.07) is 11.0. The van der Waals surface area contributed by atoms with Crippen LogP contribution in [0.3, 0.4) is 0 Å². The number of nitrogens with zero attached hydrogens (tertiary/aromatic N) is 1. The Bertz CT molecular complexity index is 1290. The Morgan fingerprint density at radius 1 is 1.02 bits per heavy atom. The van der Waals surface area contributed by atoms with Crippen molar-refractivity contribution in [3.8, 4) is 17.2 Å². The number of carbonyl (C=O) groups excluding carboxylic acids is 1. The number of alkyl halides is 1. The lowest BCUT2D eigenvalue weighted by atomic mass is 9.51. The second-order valence-electron chi connectivity index (χ2n) is 13.5. The van der Waals surface area contributed by atoms with Crippen LogP contribution >= 0.6 is 0 Å². The maximum absolute atomic E-state index is 16.0. The van der Waals surface area contributed by atoms with Crippen LogP contribution in [0.2, 0.25) is 0 Å². The number of unbranched alkanes of at least 4 members (excludes halogenated alkanes) is 2. The molecule has 3 aliphatic carbocycles. The molecule has 0 radical (unpaired) electrons. The molecule has 0 aliphatic heterocycles. The van der Waals surface area contributed by atoms with Crippen molar-refractivity contribution in [1.29, 1.82) is 0 Å². The Kier molecular flexibility index (Phi) is 10.4. The highest BCUT2D eigenvalue weighted by atomic mass is 19.1. The fraction of sp³-hybridized carbons (Fsp3) is 0.639. The number of hydrogen-bond acceptors (Lipinski definition) is 6. The lowest BCUT2D eigenvalue weighted by Crippen LogP contribution is -2.51. The lowest BCUT2D eigenvalue weighted by Gasteiger charge is -2.54. The Morgan fingerprint density at radius 3 is 2.57 bits per heavy atom. The molecule has 0 saturated heterocycles. The molecule has 2 aromatic carbocycles. The van der Waals surface area contributed by atoms with Gasteiger partial charge in [0.15, 0.2) is 11.5 Å². The van der Waals surface area contributed by atoms with Gasteiger partial charge in [0.1, 0.15) is 11.9 Å². The van der Waals surface area contributed by atoms with E-state index in [1.54, 1.807) is 27.4 Å². The van der Waals surface area contributed by atoms with Gasteiger partial charge in [-0.3, -0.25) is 4.79 Å². The summed E-state index contributed by atoms with van der Waals surface area (Å²) in [5.41, 5.74) is 2.63. The molecule has 0 spiro atoms. The van der Waals surface area contributed by atoms with Crippen molar-refractivity contribution in [1.82, 2.24) is 4.90 Å². The fourth-order valence-electron chi connectivity index (χ4n) is 8.76. The van der Waals surface area contributed by atoms with Crippen LogP contribution in [0.1, 0.15) is 74.5 Å². The highest BCUT2D eigenvalue weighted by Gasteiger charge is 2.59. The van der Waals surface area contributed by atoms with Crippen molar-refractivity contribution in [3.05, 3.63) is 53.1 Å². The number of amides is 1. The zero-order valence-electron chi connectivity index (χ0n) is 26.8. The molecule has 242 valence electrons. The molecule has 8 heteroatoms. The average molecular weight is 612 g/mol. The molecular weight excluding hydrogens is 561 g/mol.